The van der Waals surface area contributed by atoms with Crippen molar-refractivity contribution in [3.63, 3.8) is 0 Å². The van der Waals surface area contributed by atoms with E-state index in [9.17, 15) is 0 Å². The van der Waals surface area contributed by atoms with Crippen molar-refractivity contribution in [3.8, 4) is 0 Å². The second kappa shape index (κ2) is 4.92. The fourth-order valence-corrected chi connectivity index (χ4v) is 2.53. The Morgan fingerprint density at radius 2 is 2.53 bits per heavy atom. The van der Waals surface area contributed by atoms with Crippen LogP contribution >= 0.6 is 27.3 Å². The summed E-state index contributed by atoms with van der Waals surface area (Å²) < 4.78 is 1.17. The number of H-pyrrole nitrogens is 1. The minimum atomic E-state index is 0.249. The molecule has 5 heteroatoms. The van der Waals surface area contributed by atoms with Crippen molar-refractivity contribution in [1.29, 1.82) is 0 Å². The van der Waals surface area contributed by atoms with Crippen LogP contribution in [0.15, 0.2) is 27.6 Å². The first-order chi connectivity index (χ1) is 7.25. The van der Waals surface area contributed by atoms with E-state index in [4.69, 9.17) is 0 Å². The van der Waals surface area contributed by atoms with E-state index >= 15 is 0 Å². The van der Waals surface area contributed by atoms with Crippen molar-refractivity contribution in [2.45, 2.75) is 19.5 Å². The highest BCUT2D eigenvalue weighted by molar-refractivity contribution is 9.11. The molecule has 0 aliphatic heterocycles. The minimum absolute atomic E-state index is 0.249. The number of hydrogen-bond donors (Lipinski definition) is 2. The largest absolute Gasteiger partial charge is 0.347 e. The first kappa shape index (κ1) is 10.9. The van der Waals surface area contributed by atoms with Gasteiger partial charge in [0.15, 0.2) is 0 Å². The van der Waals surface area contributed by atoms with E-state index in [-0.39, 0.29) is 6.04 Å². The standard InChI is InChI=1S/C10H12BrN3S/c1-7(10-12-2-3-13-10)14-5-8-4-9(11)15-6-8/h2-4,6-7,14H,5H2,1H3,(H,12,13). The molecule has 0 amide bonds. The van der Waals surface area contributed by atoms with Gasteiger partial charge >= 0.3 is 0 Å². The summed E-state index contributed by atoms with van der Waals surface area (Å²) in [5.41, 5.74) is 1.30. The number of aromatic amines is 1. The Morgan fingerprint density at radius 1 is 1.67 bits per heavy atom. The molecule has 0 aromatic carbocycles. The van der Waals surface area contributed by atoms with Gasteiger partial charge in [-0.25, -0.2) is 4.98 Å². The number of hydrogen-bond acceptors (Lipinski definition) is 3. The molecule has 2 aromatic heterocycles. The topological polar surface area (TPSA) is 40.7 Å². The van der Waals surface area contributed by atoms with Gasteiger partial charge in [-0.15, -0.1) is 11.3 Å². The molecule has 2 heterocycles. The molecule has 0 aliphatic carbocycles. The third-order valence-corrected chi connectivity index (χ3v) is 3.72. The van der Waals surface area contributed by atoms with Crippen LogP contribution in [0.1, 0.15) is 24.4 Å². The molecule has 0 fully saturated rings. The molecule has 1 atom stereocenters. The van der Waals surface area contributed by atoms with Crippen molar-refractivity contribution in [2.24, 2.45) is 0 Å². The highest BCUT2D eigenvalue weighted by Gasteiger charge is 2.06. The maximum absolute atomic E-state index is 4.21. The maximum Gasteiger partial charge on any atom is 0.122 e. The number of halogens is 1. The van der Waals surface area contributed by atoms with Crippen LogP contribution in [0.25, 0.3) is 0 Å². The van der Waals surface area contributed by atoms with Gasteiger partial charge in [-0.3, -0.25) is 0 Å². The molecule has 3 nitrogen and oxygen atoms in total. The number of aromatic nitrogens is 2. The Balaban J connectivity index is 1.88. The number of thiophene rings is 1. The zero-order valence-corrected chi connectivity index (χ0v) is 10.7. The lowest BCUT2D eigenvalue weighted by molar-refractivity contribution is 0.551. The third kappa shape index (κ3) is 2.90. The second-order valence-corrected chi connectivity index (χ2v) is 5.63. The van der Waals surface area contributed by atoms with Gasteiger partial charge in [0.2, 0.25) is 0 Å². The summed E-state index contributed by atoms with van der Waals surface area (Å²) >= 11 is 5.16. The summed E-state index contributed by atoms with van der Waals surface area (Å²) in [5.74, 6) is 0.976. The van der Waals surface area contributed by atoms with Crippen LogP contribution < -0.4 is 5.32 Å². The van der Waals surface area contributed by atoms with Crippen LogP contribution in [0.5, 0.6) is 0 Å². The van der Waals surface area contributed by atoms with Crippen molar-refractivity contribution in [3.05, 3.63) is 39.0 Å². The molecule has 0 saturated carbocycles. The van der Waals surface area contributed by atoms with Gasteiger partial charge < -0.3 is 10.3 Å². The molecule has 2 aromatic rings. The van der Waals surface area contributed by atoms with Crippen LogP contribution in [0.3, 0.4) is 0 Å². The number of rotatable bonds is 4. The van der Waals surface area contributed by atoms with Crippen LogP contribution in [0.4, 0.5) is 0 Å². The normalized spacial score (nSPS) is 12.9. The Kier molecular flexibility index (Phi) is 3.56. The highest BCUT2D eigenvalue weighted by Crippen LogP contribution is 2.21. The fraction of sp³-hybridized carbons (Fsp3) is 0.300. The Hall–Kier alpha value is -0.650. The van der Waals surface area contributed by atoms with Crippen LogP contribution in [0, 0.1) is 0 Å². The van der Waals surface area contributed by atoms with E-state index in [0.29, 0.717) is 0 Å². The smallest absolute Gasteiger partial charge is 0.122 e. The van der Waals surface area contributed by atoms with Crippen molar-refractivity contribution in [2.75, 3.05) is 0 Å². The lowest BCUT2D eigenvalue weighted by Gasteiger charge is -2.09. The van der Waals surface area contributed by atoms with Gasteiger partial charge in [-0.05, 0) is 39.9 Å². The fourth-order valence-electron chi connectivity index (χ4n) is 1.32. The van der Waals surface area contributed by atoms with Gasteiger partial charge in [0.1, 0.15) is 5.82 Å². The molecule has 2 rings (SSSR count). The van der Waals surface area contributed by atoms with Crippen molar-refractivity contribution < 1.29 is 0 Å². The lowest BCUT2D eigenvalue weighted by atomic mass is 10.3. The van der Waals surface area contributed by atoms with E-state index in [2.05, 4.69) is 49.6 Å². The van der Waals surface area contributed by atoms with E-state index < -0.39 is 0 Å². The molecule has 0 aliphatic rings. The number of nitrogens with one attached hydrogen (secondary N) is 2. The van der Waals surface area contributed by atoms with Gasteiger partial charge in [0.25, 0.3) is 0 Å². The summed E-state index contributed by atoms with van der Waals surface area (Å²) in [6.07, 6.45) is 3.61. The van der Waals surface area contributed by atoms with E-state index in [1.165, 1.54) is 9.35 Å². The van der Waals surface area contributed by atoms with Crippen molar-refractivity contribution in [1.82, 2.24) is 15.3 Å². The first-order valence-corrected chi connectivity index (χ1v) is 6.38. The molecule has 0 radical (unpaired) electrons. The second-order valence-electron chi connectivity index (χ2n) is 3.34. The van der Waals surface area contributed by atoms with Gasteiger partial charge in [-0.2, -0.15) is 0 Å². The maximum atomic E-state index is 4.21. The zero-order valence-electron chi connectivity index (χ0n) is 8.33. The SMILES string of the molecule is CC(NCc1csc(Br)c1)c1ncc[nH]1. The molecule has 2 N–H and O–H groups in total. The highest BCUT2D eigenvalue weighted by atomic mass is 79.9. The Morgan fingerprint density at radius 3 is 3.13 bits per heavy atom. The molecule has 0 spiro atoms. The summed E-state index contributed by atoms with van der Waals surface area (Å²) in [4.78, 5) is 7.31. The molecule has 0 bridgehead atoms. The molecular weight excluding hydrogens is 274 g/mol. The molecule has 1 unspecified atom stereocenters. The number of imidazole rings is 1. The lowest BCUT2D eigenvalue weighted by Crippen LogP contribution is -2.18. The zero-order chi connectivity index (χ0) is 10.7. The van der Waals surface area contributed by atoms with Crippen LogP contribution in [-0.2, 0) is 6.54 Å². The first-order valence-electron chi connectivity index (χ1n) is 4.71. The van der Waals surface area contributed by atoms with Crippen LogP contribution in [-0.4, -0.2) is 9.97 Å². The molecule has 80 valence electrons. The van der Waals surface area contributed by atoms with E-state index in [1.807, 2.05) is 6.20 Å². The Labute approximate surface area is 101 Å². The van der Waals surface area contributed by atoms with Gasteiger partial charge in [0, 0.05) is 18.9 Å². The summed E-state index contributed by atoms with van der Waals surface area (Å²) in [6, 6.07) is 2.38. The predicted octanol–water partition coefficient (Wildman–Crippen LogP) is 3.08. The molecular formula is C10H12BrN3S. The van der Waals surface area contributed by atoms with Crippen LogP contribution in [0.2, 0.25) is 0 Å². The summed E-state index contributed by atoms with van der Waals surface area (Å²) in [7, 11) is 0. The third-order valence-electron chi connectivity index (χ3n) is 2.16. The molecule has 15 heavy (non-hydrogen) atoms. The van der Waals surface area contributed by atoms with E-state index in [1.54, 1.807) is 17.5 Å². The van der Waals surface area contributed by atoms with Crippen molar-refractivity contribution >= 4 is 27.3 Å². The summed E-state index contributed by atoms with van der Waals surface area (Å²) in [5, 5.41) is 5.55. The predicted molar refractivity (Wildman–Crippen MR) is 65.9 cm³/mol. The monoisotopic (exact) mass is 285 g/mol. The average Bonchev–Trinajstić information content (AvgIpc) is 2.84. The molecule has 0 saturated heterocycles. The minimum Gasteiger partial charge on any atom is -0.347 e. The van der Waals surface area contributed by atoms with Gasteiger partial charge in [0.05, 0.1) is 9.83 Å². The quantitative estimate of drug-likeness (QED) is 0.906. The average molecular weight is 286 g/mol. The van der Waals surface area contributed by atoms with Gasteiger partial charge in [-0.1, -0.05) is 0 Å². The Bertz CT molecular complexity index is 410. The summed E-state index contributed by atoms with van der Waals surface area (Å²) in [6.45, 7) is 2.96. The van der Waals surface area contributed by atoms with E-state index in [0.717, 1.165) is 12.4 Å². The number of nitrogens with zero attached hydrogens (tertiary/aromatic N) is 1.